The minimum absolute atomic E-state index is 0.306. The van der Waals surface area contributed by atoms with Gasteiger partial charge in [0.25, 0.3) is 0 Å². The maximum absolute atomic E-state index is 10.8. The van der Waals surface area contributed by atoms with Crippen molar-refractivity contribution in [3.8, 4) is 0 Å². The Hall–Kier alpha value is -1.36. The molecule has 0 saturated carbocycles. The minimum atomic E-state index is -3.32. The van der Waals surface area contributed by atoms with E-state index in [1.807, 2.05) is 0 Å². The summed E-state index contributed by atoms with van der Waals surface area (Å²) in [6.07, 6.45) is 1.64. The number of carbonyl (C=O) groups is 1. The maximum Gasteiger partial charge on any atom is 0.229 e. The predicted molar refractivity (Wildman–Crippen MR) is 50.3 cm³/mol. The molecule has 0 radical (unpaired) electrons. The first-order valence-electron chi connectivity index (χ1n) is 3.55. The van der Waals surface area contributed by atoms with Gasteiger partial charge in [-0.2, -0.15) is 0 Å². The molecule has 0 fully saturated rings. The number of hydrogen-bond donors (Lipinski definition) is 1. The molecule has 0 bridgehead atoms. The number of para-hydroxylation sites is 1. The summed E-state index contributed by atoms with van der Waals surface area (Å²) in [4.78, 5) is 10.5. The van der Waals surface area contributed by atoms with Crippen molar-refractivity contribution in [2.24, 2.45) is 0 Å². The van der Waals surface area contributed by atoms with Crippen molar-refractivity contribution >= 4 is 22.0 Å². The average molecular weight is 199 g/mol. The fourth-order valence-corrected chi connectivity index (χ4v) is 1.48. The molecule has 4 nitrogen and oxygen atoms in total. The van der Waals surface area contributed by atoms with E-state index in [1.165, 1.54) is 6.07 Å². The second-order valence-corrected chi connectivity index (χ2v) is 4.33. The van der Waals surface area contributed by atoms with Crippen molar-refractivity contribution in [3.05, 3.63) is 29.8 Å². The van der Waals surface area contributed by atoms with Crippen LogP contribution in [0, 0.1) is 0 Å². The summed E-state index contributed by atoms with van der Waals surface area (Å²) >= 11 is 0. The molecule has 1 rings (SSSR count). The fraction of sp³-hybridized carbons (Fsp3) is 0.125. The van der Waals surface area contributed by atoms with Crippen molar-refractivity contribution in [2.45, 2.75) is 0 Å². The third kappa shape index (κ3) is 2.87. The Morgan fingerprint density at radius 1 is 1.31 bits per heavy atom. The first-order valence-corrected chi connectivity index (χ1v) is 5.44. The fourth-order valence-electron chi connectivity index (χ4n) is 0.892. The highest BCUT2D eigenvalue weighted by Crippen LogP contribution is 2.13. The predicted octanol–water partition coefficient (Wildman–Crippen LogP) is 0.871. The van der Waals surface area contributed by atoms with Crippen molar-refractivity contribution < 1.29 is 13.2 Å². The Morgan fingerprint density at radius 3 is 2.46 bits per heavy atom. The lowest BCUT2D eigenvalue weighted by atomic mass is 10.2. The average Bonchev–Trinajstić information content (AvgIpc) is 2.02. The van der Waals surface area contributed by atoms with E-state index in [4.69, 9.17) is 0 Å². The number of nitrogens with one attached hydrogen (secondary N) is 1. The van der Waals surface area contributed by atoms with Gasteiger partial charge >= 0.3 is 0 Å². The normalized spacial score (nSPS) is 10.8. The highest BCUT2D eigenvalue weighted by Gasteiger charge is 2.04. The topological polar surface area (TPSA) is 63.2 Å². The Kier molecular flexibility index (Phi) is 2.67. The summed E-state index contributed by atoms with van der Waals surface area (Å²) in [5, 5.41) is 0. The number of hydrogen-bond acceptors (Lipinski definition) is 3. The monoisotopic (exact) mass is 199 g/mol. The number of benzene rings is 1. The number of carbonyl (C=O) groups excluding carboxylic acids is 1. The van der Waals surface area contributed by atoms with Gasteiger partial charge in [-0.3, -0.25) is 9.52 Å². The Balaban J connectivity index is 3.08. The lowest BCUT2D eigenvalue weighted by molar-refractivity contribution is 0.112. The van der Waals surface area contributed by atoms with Crippen LogP contribution in [0.2, 0.25) is 0 Å². The Labute approximate surface area is 76.6 Å². The third-order valence-corrected chi connectivity index (χ3v) is 1.97. The highest BCUT2D eigenvalue weighted by atomic mass is 32.2. The number of anilines is 1. The van der Waals surface area contributed by atoms with Gasteiger partial charge in [0.1, 0.15) is 0 Å². The molecular weight excluding hydrogens is 190 g/mol. The first-order chi connectivity index (χ1) is 6.03. The van der Waals surface area contributed by atoms with Crippen LogP contribution in [0.5, 0.6) is 0 Å². The molecule has 0 saturated heterocycles. The zero-order valence-electron chi connectivity index (χ0n) is 7.02. The van der Waals surface area contributed by atoms with Crippen molar-refractivity contribution in [2.75, 3.05) is 11.0 Å². The first kappa shape index (κ1) is 9.73. The molecule has 0 spiro atoms. The van der Waals surface area contributed by atoms with Gasteiger partial charge in [0.05, 0.1) is 11.9 Å². The van der Waals surface area contributed by atoms with Crippen LogP contribution in [0.25, 0.3) is 0 Å². The molecule has 0 aliphatic heterocycles. The van der Waals surface area contributed by atoms with E-state index in [-0.39, 0.29) is 0 Å². The third-order valence-electron chi connectivity index (χ3n) is 1.38. The van der Waals surface area contributed by atoms with Crippen LogP contribution in [-0.4, -0.2) is 21.0 Å². The van der Waals surface area contributed by atoms with Crippen LogP contribution in [0.15, 0.2) is 24.3 Å². The SMILES string of the molecule is CS(=O)(=O)Nc1ccccc1C=O. The zero-order chi connectivity index (χ0) is 9.90. The quantitative estimate of drug-likeness (QED) is 0.735. The molecule has 1 aromatic rings. The second kappa shape index (κ2) is 3.57. The van der Waals surface area contributed by atoms with E-state index in [2.05, 4.69) is 4.72 Å². The molecule has 5 heteroatoms. The highest BCUT2D eigenvalue weighted by molar-refractivity contribution is 7.92. The molecular formula is C8H9NO3S. The molecule has 0 atom stereocenters. The van der Waals surface area contributed by atoms with E-state index in [0.29, 0.717) is 17.5 Å². The number of rotatable bonds is 3. The molecule has 0 amide bonds. The van der Waals surface area contributed by atoms with Gasteiger partial charge in [-0.1, -0.05) is 12.1 Å². The van der Waals surface area contributed by atoms with Gasteiger partial charge < -0.3 is 0 Å². The van der Waals surface area contributed by atoms with Crippen LogP contribution < -0.4 is 4.72 Å². The van der Waals surface area contributed by atoms with Gasteiger partial charge in [0.15, 0.2) is 6.29 Å². The van der Waals surface area contributed by atoms with Gasteiger partial charge in [-0.15, -0.1) is 0 Å². The molecule has 0 unspecified atom stereocenters. The van der Waals surface area contributed by atoms with Crippen LogP contribution in [0.1, 0.15) is 10.4 Å². The van der Waals surface area contributed by atoms with Crippen LogP contribution in [-0.2, 0) is 10.0 Å². The molecule has 0 aromatic heterocycles. The zero-order valence-corrected chi connectivity index (χ0v) is 7.84. The molecule has 70 valence electrons. The molecule has 0 aliphatic carbocycles. The van der Waals surface area contributed by atoms with Gasteiger partial charge in [-0.05, 0) is 12.1 Å². The van der Waals surface area contributed by atoms with Crippen molar-refractivity contribution in [3.63, 3.8) is 0 Å². The van der Waals surface area contributed by atoms with Crippen LogP contribution >= 0.6 is 0 Å². The summed E-state index contributed by atoms with van der Waals surface area (Å²) in [5.74, 6) is 0. The molecule has 1 N–H and O–H groups in total. The summed E-state index contributed by atoms with van der Waals surface area (Å²) in [5.41, 5.74) is 0.632. The maximum atomic E-state index is 10.8. The van der Waals surface area contributed by atoms with Crippen LogP contribution in [0.3, 0.4) is 0 Å². The summed E-state index contributed by atoms with van der Waals surface area (Å²) in [7, 11) is -3.32. The number of aldehydes is 1. The summed E-state index contributed by atoms with van der Waals surface area (Å²) < 4.78 is 23.9. The standard InChI is InChI=1S/C8H9NO3S/c1-13(11,12)9-8-5-3-2-4-7(8)6-10/h2-6,9H,1H3. The Bertz CT molecular complexity index is 411. The van der Waals surface area contributed by atoms with Crippen molar-refractivity contribution in [1.29, 1.82) is 0 Å². The van der Waals surface area contributed by atoms with E-state index in [1.54, 1.807) is 18.2 Å². The lowest BCUT2D eigenvalue weighted by Gasteiger charge is -2.04. The molecule has 0 aliphatic rings. The van der Waals surface area contributed by atoms with Crippen molar-refractivity contribution in [1.82, 2.24) is 0 Å². The summed E-state index contributed by atoms with van der Waals surface area (Å²) in [6.45, 7) is 0. The van der Waals surface area contributed by atoms with E-state index in [0.717, 1.165) is 6.26 Å². The summed E-state index contributed by atoms with van der Waals surface area (Å²) in [6, 6.07) is 6.39. The second-order valence-electron chi connectivity index (χ2n) is 2.58. The van der Waals surface area contributed by atoms with E-state index < -0.39 is 10.0 Å². The van der Waals surface area contributed by atoms with Gasteiger partial charge in [-0.25, -0.2) is 8.42 Å². The largest absolute Gasteiger partial charge is 0.298 e. The minimum Gasteiger partial charge on any atom is -0.298 e. The number of sulfonamides is 1. The Morgan fingerprint density at radius 2 is 1.92 bits per heavy atom. The molecule has 0 heterocycles. The lowest BCUT2D eigenvalue weighted by Crippen LogP contribution is -2.10. The van der Waals surface area contributed by atoms with Gasteiger partial charge in [0.2, 0.25) is 10.0 Å². The molecule has 1 aromatic carbocycles. The van der Waals surface area contributed by atoms with Crippen LogP contribution in [0.4, 0.5) is 5.69 Å². The van der Waals surface area contributed by atoms with E-state index in [9.17, 15) is 13.2 Å². The van der Waals surface area contributed by atoms with Gasteiger partial charge in [0, 0.05) is 5.56 Å². The van der Waals surface area contributed by atoms with E-state index >= 15 is 0 Å². The smallest absolute Gasteiger partial charge is 0.229 e. The molecule has 13 heavy (non-hydrogen) atoms.